The first-order valence-corrected chi connectivity index (χ1v) is 20.6. The van der Waals surface area contributed by atoms with Crippen LogP contribution in [0.25, 0.3) is 0 Å². The summed E-state index contributed by atoms with van der Waals surface area (Å²) < 4.78 is 0. The molecule has 20 heteroatoms. The number of nitrogens with two attached hydrogens (primary N) is 4. The van der Waals surface area contributed by atoms with E-state index in [0.29, 0.717) is 24.0 Å². The highest BCUT2D eigenvalue weighted by Gasteiger charge is 2.32. The molecule has 0 spiro atoms. The van der Waals surface area contributed by atoms with Gasteiger partial charge in [0, 0.05) is 25.7 Å². The van der Waals surface area contributed by atoms with Gasteiger partial charge in [-0.15, -0.1) is 0 Å². The van der Waals surface area contributed by atoms with E-state index in [1.807, 2.05) is 26.2 Å². The van der Waals surface area contributed by atoms with Crippen molar-refractivity contribution in [1.82, 2.24) is 37.3 Å². The van der Waals surface area contributed by atoms with Crippen molar-refractivity contribution in [2.45, 2.75) is 121 Å². The predicted molar refractivity (Wildman–Crippen MR) is 229 cm³/mol. The Balaban J connectivity index is 2.34. The molecule has 0 radical (unpaired) electrons. The van der Waals surface area contributed by atoms with E-state index in [0.717, 1.165) is 6.42 Å². The van der Waals surface area contributed by atoms with Crippen LogP contribution in [0.1, 0.15) is 83.3 Å². The van der Waals surface area contributed by atoms with Crippen LogP contribution in [-0.2, 0) is 56.0 Å². The molecule has 0 aliphatic heterocycles. The van der Waals surface area contributed by atoms with Crippen molar-refractivity contribution in [3.63, 3.8) is 0 Å². The van der Waals surface area contributed by atoms with Crippen molar-refractivity contribution >= 4 is 53.2 Å². The van der Waals surface area contributed by atoms with Gasteiger partial charge in [-0.05, 0) is 42.7 Å². The van der Waals surface area contributed by atoms with Crippen LogP contribution in [0.3, 0.4) is 0 Å². The average molecular weight is 866 g/mol. The second kappa shape index (κ2) is 27.4. The highest BCUT2D eigenvalue weighted by molar-refractivity contribution is 5.97. The van der Waals surface area contributed by atoms with Gasteiger partial charge < -0.3 is 49.1 Å². The molecule has 15 N–H and O–H groups in total. The number of hydrazine groups is 1. The fourth-order valence-electron chi connectivity index (χ4n) is 6.21. The van der Waals surface area contributed by atoms with E-state index in [2.05, 4.69) is 31.9 Å². The molecule has 9 amide bonds. The van der Waals surface area contributed by atoms with Crippen LogP contribution in [0, 0.1) is 5.92 Å². The quantitative estimate of drug-likeness (QED) is 0.0255. The minimum atomic E-state index is -1.38. The second-order valence-corrected chi connectivity index (χ2v) is 15.4. The van der Waals surface area contributed by atoms with Crippen LogP contribution < -0.4 is 60.4 Å². The summed E-state index contributed by atoms with van der Waals surface area (Å²) in [4.78, 5) is 116. The van der Waals surface area contributed by atoms with Gasteiger partial charge in [0.15, 0.2) is 0 Å². The summed E-state index contributed by atoms with van der Waals surface area (Å²) in [5, 5.41) is 15.6. The number of unbranched alkanes of at least 4 members (excludes halogenated alkanes) is 1. The largest absolute Gasteiger partial charge is 0.370 e. The summed E-state index contributed by atoms with van der Waals surface area (Å²) in [6.45, 7) is 5.04. The van der Waals surface area contributed by atoms with Gasteiger partial charge in [0.25, 0.3) is 5.91 Å². The molecule has 0 aliphatic carbocycles. The summed E-state index contributed by atoms with van der Waals surface area (Å²) in [5.74, 6) is -1.31. The fourth-order valence-corrected chi connectivity index (χ4v) is 6.21. The summed E-state index contributed by atoms with van der Waals surface area (Å²) in [6.07, 6.45) is 0.969. The van der Waals surface area contributed by atoms with Crippen LogP contribution in [0.5, 0.6) is 0 Å². The van der Waals surface area contributed by atoms with E-state index >= 15 is 0 Å². The SMILES string of the molecule is CCCC[C@H](NC(=O)[C@H](CC(C)C)NC(=O)CNC(=O)[C@H](Cc1ccccc1)NC(=O)[C@H](Cc1ccccc1)NC(=O)[C@H](CCC(N)=O)NC(=O)[C@@H](N)CCC(N)=O)C(=O)NN. The molecule has 6 atom stereocenters. The van der Waals surface area contributed by atoms with E-state index in [1.54, 1.807) is 60.7 Å². The maximum absolute atomic E-state index is 14.1. The first kappa shape index (κ1) is 51.7. The Kier molecular flexibility index (Phi) is 22.9. The molecule has 0 fully saturated rings. The van der Waals surface area contributed by atoms with E-state index in [-0.39, 0.29) is 50.9 Å². The van der Waals surface area contributed by atoms with Crippen molar-refractivity contribution < 1.29 is 43.2 Å². The van der Waals surface area contributed by atoms with Gasteiger partial charge in [0.1, 0.15) is 30.2 Å². The molecule has 20 nitrogen and oxygen atoms in total. The van der Waals surface area contributed by atoms with Crippen LogP contribution in [0.4, 0.5) is 0 Å². The first-order chi connectivity index (χ1) is 29.4. The van der Waals surface area contributed by atoms with Crippen molar-refractivity contribution in [3.05, 3.63) is 71.8 Å². The van der Waals surface area contributed by atoms with Crippen LogP contribution in [-0.4, -0.2) is 96.0 Å². The summed E-state index contributed by atoms with van der Waals surface area (Å²) in [5.41, 5.74) is 19.7. The predicted octanol–water partition coefficient (Wildman–Crippen LogP) is -1.90. The molecule has 0 saturated heterocycles. The molecule has 0 heterocycles. The van der Waals surface area contributed by atoms with Gasteiger partial charge in [-0.2, -0.15) is 0 Å². The van der Waals surface area contributed by atoms with E-state index in [4.69, 9.17) is 23.0 Å². The van der Waals surface area contributed by atoms with Gasteiger partial charge in [-0.1, -0.05) is 94.3 Å². The standard InChI is InChI=1S/C42H63N11O9/c1-4-5-16-29(42(62)53-46)50-40(60)31(21-25(2)3)48-36(56)24-47-38(58)32(22-26-12-8-6-9-13-26)51-41(61)33(23-27-14-10-7-11-15-27)52-39(59)30(18-20-35(45)55)49-37(57)28(43)17-19-34(44)54/h6-15,25,28-33H,4-5,16-24,43,46H2,1-3H3,(H2,44,54)(H2,45,55)(H,47,58)(H,48,56)(H,49,57)(H,50,60)(H,51,61)(H,52,59)(H,53,62)/t28-,29-,30-,31-,32-,33-/m0/s1. The Hall–Kier alpha value is -6.41. The normalized spacial score (nSPS) is 13.8. The Labute approximate surface area is 361 Å². The van der Waals surface area contributed by atoms with Crippen LogP contribution in [0.2, 0.25) is 0 Å². The number of hydrogen-bond acceptors (Lipinski definition) is 11. The molecule has 0 unspecified atom stereocenters. The Morgan fingerprint density at radius 3 is 1.50 bits per heavy atom. The Morgan fingerprint density at radius 2 is 1.00 bits per heavy atom. The first-order valence-electron chi connectivity index (χ1n) is 20.6. The molecule has 0 aromatic heterocycles. The zero-order chi connectivity index (χ0) is 46.2. The molecular formula is C42H63N11O9. The maximum atomic E-state index is 14.1. The minimum absolute atomic E-state index is 0.0345. The number of primary amides is 2. The molecule has 2 rings (SSSR count). The fraction of sp³-hybridized carbons (Fsp3) is 0.500. The molecular weight excluding hydrogens is 803 g/mol. The summed E-state index contributed by atoms with van der Waals surface area (Å²) >= 11 is 0. The molecule has 0 bridgehead atoms. The van der Waals surface area contributed by atoms with Gasteiger partial charge in [0.05, 0.1) is 12.6 Å². The zero-order valence-electron chi connectivity index (χ0n) is 35.6. The zero-order valence-corrected chi connectivity index (χ0v) is 35.6. The number of benzene rings is 2. The number of nitrogens with one attached hydrogen (secondary N) is 7. The lowest BCUT2D eigenvalue weighted by Crippen LogP contribution is -2.59. The Bertz CT molecular complexity index is 1820. The minimum Gasteiger partial charge on any atom is -0.370 e. The lowest BCUT2D eigenvalue weighted by atomic mass is 10.0. The van der Waals surface area contributed by atoms with E-state index in [1.165, 1.54) is 0 Å². The molecule has 340 valence electrons. The summed E-state index contributed by atoms with van der Waals surface area (Å²) in [6, 6.07) is 10.1. The highest BCUT2D eigenvalue weighted by atomic mass is 16.2. The number of carbonyl (C=O) groups is 9. The van der Waals surface area contributed by atoms with Crippen molar-refractivity contribution in [1.29, 1.82) is 0 Å². The molecule has 2 aromatic rings. The maximum Gasteiger partial charge on any atom is 0.256 e. The lowest BCUT2D eigenvalue weighted by molar-refractivity contribution is -0.134. The van der Waals surface area contributed by atoms with E-state index < -0.39 is 96.0 Å². The third kappa shape index (κ3) is 19.8. The number of rotatable bonds is 28. The van der Waals surface area contributed by atoms with E-state index in [9.17, 15) is 43.2 Å². The van der Waals surface area contributed by atoms with Crippen molar-refractivity contribution in [2.75, 3.05) is 6.54 Å². The Morgan fingerprint density at radius 1 is 0.548 bits per heavy atom. The monoisotopic (exact) mass is 865 g/mol. The highest BCUT2D eigenvalue weighted by Crippen LogP contribution is 2.10. The molecule has 0 aliphatic rings. The summed E-state index contributed by atoms with van der Waals surface area (Å²) in [7, 11) is 0. The third-order valence-corrected chi connectivity index (χ3v) is 9.59. The smallest absolute Gasteiger partial charge is 0.256 e. The third-order valence-electron chi connectivity index (χ3n) is 9.59. The van der Waals surface area contributed by atoms with Crippen molar-refractivity contribution in [3.8, 4) is 0 Å². The van der Waals surface area contributed by atoms with Crippen LogP contribution in [0.15, 0.2) is 60.7 Å². The lowest BCUT2D eigenvalue weighted by Gasteiger charge is -2.26. The van der Waals surface area contributed by atoms with Gasteiger partial charge in [-0.25, -0.2) is 5.84 Å². The number of amides is 9. The van der Waals surface area contributed by atoms with Gasteiger partial charge in [-0.3, -0.25) is 48.6 Å². The number of carbonyl (C=O) groups excluding carboxylic acids is 9. The van der Waals surface area contributed by atoms with Gasteiger partial charge >= 0.3 is 0 Å². The average Bonchev–Trinajstić information content (AvgIpc) is 3.23. The second-order valence-electron chi connectivity index (χ2n) is 15.4. The van der Waals surface area contributed by atoms with Crippen molar-refractivity contribution in [2.24, 2.45) is 29.0 Å². The number of hydrogen-bond donors (Lipinski definition) is 11. The van der Waals surface area contributed by atoms with Gasteiger partial charge in [0.2, 0.25) is 47.3 Å². The topological polar surface area (TPSA) is 342 Å². The molecule has 62 heavy (non-hydrogen) atoms. The van der Waals surface area contributed by atoms with Crippen LogP contribution >= 0.6 is 0 Å². The molecule has 2 aromatic carbocycles. The molecule has 0 saturated carbocycles.